The van der Waals surface area contributed by atoms with E-state index in [4.69, 9.17) is 11.6 Å². The van der Waals surface area contributed by atoms with Crippen molar-refractivity contribution >= 4 is 29.0 Å². The van der Waals surface area contributed by atoms with Crippen LogP contribution in [-0.4, -0.2) is 15.9 Å². The lowest BCUT2D eigenvalue weighted by molar-refractivity contribution is 0.102. The molecule has 3 rings (SSSR count). The molecule has 0 aliphatic rings. The number of carbonyl (C=O) groups excluding carboxylic acids is 1. The summed E-state index contributed by atoms with van der Waals surface area (Å²) in [6.45, 7) is 0.640. The normalized spacial score (nSPS) is 10.2. The molecule has 2 N–H and O–H groups in total. The molecule has 5 nitrogen and oxygen atoms in total. The Morgan fingerprint density at radius 1 is 0.958 bits per heavy atom. The molecule has 0 bridgehead atoms. The van der Waals surface area contributed by atoms with E-state index in [9.17, 15) is 4.79 Å². The molecule has 0 saturated heterocycles. The van der Waals surface area contributed by atoms with E-state index in [1.807, 2.05) is 30.3 Å². The molecular formula is C18H15ClN4O. The van der Waals surface area contributed by atoms with Gasteiger partial charge in [-0.3, -0.25) is 4.79 Å². The number of carbonyl (C=O) groups is 1. The van der Waals surface area contributed by atoms with E-state index in [1.54, 1.807) is 24.3 Å². The molecule has 1 heterocycles. The molecule has 2 aromatic carbocycles. The Morgan fingerprint density at radius 3 is 2.42 bits per heavy atom. The Labute approximate surface area is 144 Å². The highest BCUT2D eigenvalue weighted by Gasteiger charge is 2.10. The van der Waals surface area contributed by atoms with E-state index in [2.05, 4.69) is 20.6 Å². The number of hydrogen-bond acceptors (Lipinski definition) is 4. The quantitative estimate of drug-likeness (QED) is 0.738. The number of halogens is 1. The molecule has 3 aromatic rings. The fourth-order valence-electron chi connectivity index (χ4n) is 2.07. The van der Waals surface area contributed by atoms with Gasteiger partial charge in [-0.15, -0.1) is 0 Å². The van der Waals surface area contributed by atoms with Gasteiger partial charge in [0.1, 0.15) is 11.5 Å². The predicted molar refractivity (Wildman–Crippen MR) is 95.2 cm³/mol. The molecule has 1 aromatic heterocycles. The van der Waals surface area contributed by atoms with Crippen LogP contribution < -0.4 is 10.6 Å². The van der Waals surface area contributed by atoms with Gasteiger partial charge in [-0.2, -0.15) is 0 Å². The summed E-state index contributed by atoms with van der Waals surface area (Å²) in [5, 5.41) is 6.34. The van der Waals surface area contributed by atoms with Crippen LogP contribution >= 0.6 is 11.6 Å². The number of aromatic nitrogens is 2. The topological polar surface area (TPSA) is 66.9 Å². The van der Waals surface area contributed by atoms with Crippen molar-refractivity contribution in [3.05, 3.63) is 83.3 Å². The monoisotopic (exact) mass is 338 g/mol. The van der Waals surface area contributed by atoms with Gasteiger partial charge < -0.3 is 10.6 Å². The summed E-state index contributed by atoms with van der Waals surface area (Å²) < 4.78 is 0. The van der Waals surface area contributed by atoms with Gasteiger partial charge in [-0.1, -0.05) is 54.1 Å². The molecule has 24 heavy (non-hydrogen) atoms. The minimum Gasteiger partial charge on any atom is -0.365 e. The van der Waals surface area contributed by atoms with Gasteiger partial charge in [-0.05, 0) is 17.7 Å². The molecule has 0 saturated carbocycles. The van der Waals surface area contributed by atoms with Crippen molar-refractivity contribution in [1.29, 1.82) is 0 Å². The first-order valence-corrected chi connectivity index (χ1v) is 7.76. The molecule has 0 radical (unpaired) electrons. The van der Waals surface area contributed by atoms with Crippen molar-refractivity contribution in [1.82, 2.24) is 9.97 Å². The molecule has 120 valence electrons. The smallest absolute Gasteiger partial charge is 0.275 e. The Hall–Kier alpha value is -2.92. The lowest BCUT2D eigenvalue weighted by Crippen LogP contribution is -2.14. The summed E-state index contributed by atoms with van der Waals surface area (Å²) in [6, 6.07) is 17.0. The van der Waals surface area contributed by atoms with Gasteiger partial charge in [0.2, 0.25) is 0 Å². The second-order valence-electron chi connectivity index (χ2n) is 5.06. The van der Waals surface area contributed by atoms with Crippen molar-refractivity contribution in [3.63, 3.8) is 0 Å². The van der Waals surface area contributed by atoms with Crippen LogP contribution in [0.3, 0.4) is 0 Å². The maximum atomic E-state index is 12.2. The summed E-state index contributed by atoms with van der Waals surface area (Å²) >= 11 is 6.02. The molecule has 0 aliphatic heterocycles. The predicted octanol–water partition coefficient (Wildman–Crippen LogP) is 3.99. The number of para-hydroxylation sites is 1. The second-order valence-corrected chi connectivity index (χ2v) is 5.47. The van der Waals surface area contributed by atoms with E-state index in [0.717, 1.165) is 5.56 Å². The molecular weight excluding hydrogens is 324 g/mol. The number of hydrogen-bond donors (Lipinski definition) is 2. The third-order valence-corrected chi connectivity index (χ3v) is 3.65. The van der Waals surface area contributed by atoms with Crippen LogP contribution in [0.25, 0.3) is 0 Å². The van der Waals surface area contributed by atoms with Gasteiger partial charge in [0, 0.05) is 6.54 Å². The van der Waals surface area contributed by atoms with Crippen molar-refractivity contribution in [3.8, 4) is 0 Å². The molecule has 0 spiro atoms. The van der Waals surface area contributed by atoms with Crippen molar-refractivity contribution in [2.24, 2.45) is 0 Å². The summed E-state index contributed by atoms with van der Waals surface area (Å²) in [5.41, 5.74) is 1.90. The largest absolute Gasteiger partial charge is 0.365 e. The van der Waals surface area contributed by atoms with E-state index in [0.29, 0.717) is 23.1 Å². The SMILES string of the molecule is O=C(Nc1ccccc1Cl)c1cnc(NCc2ccccc2)cn1. The fraction of sp³-hybridized carbons (Fsp3) is 0.0556. The molecule has 0 fully saturated rings. The van der Waals surface area contributed by atoms with Crippen molar-refractivity contribution in [2.75, 3.05) is 10.6 Å². The second kappa shape index (κ2) is 7.57. The maximum absolute atomic E-state index is 12.2. The van der Waals surface area contributed by atoms with E-state index < -0.39 is 0 Å². The lowest BCUT2D eigenvalue weighted by atomic mass is 10.2. The Kier molecular flexibility index (Phi) is 5.03. The number of amides is 1. The standard InChI is InChI=1S/C18H15ClN4O/c19-14-8-4-5-9-15(14)23-18(24)16-11-22-17(12-20-16)21-10-13-6-2-1-3-7-13/h1-9,11-12H,10H2,(H,21,22)(H,23,24). The minimum atomic E-state index is -0.356. The van der Waals surface area contributed by atoms with Crippen molar-refractivity contribution in [2.45, 2.75) is 6.54 Å². The molecule has 0 aliphatic carbocycles. The summed E-state index contributed by atoms with van der Waals surface area (Å²) in [5.74, 6) is 0.248. The zero-order valence-electron chi connectivity index (χ0n) is 12.7. The third kappa shape index (κ3) is 4.08. The van der Waals surface area contributed by atoms with Gasteiger partial charge >= 0.3 is 0 Å². The highest BCUT2D eigenvalue weighted by Crippen LogP contribution is 2.20. The number of nitrogens with one attached hydrogen (secondary N) is 2. The molecule has 1 amide bonds. The lowest BCUT2D eigenvalue weighted by Gasteiger charge is -2.08. The van der Waals surface area contributed by atoms with Gasteiger partial charge in [0.25, 0.3) is 5.91 Å². The van der Waals surface area contributed by atoms with E-state index >= 15 is 0 Å². The highest BCUT2D eigenvalue weighted by atomic mass is 35.5. The first-order valence-electron chi connectivity index (χ1n) is 7.38. The van der Waals surface area contributed by atoms with Gasteiger partial charge in [-0.25, -0.2) is 9.97 Å². The number of benzene rings is 2. The zero-order valence-corrected chi connectivity index (χ0v) is 13.5. The molecule has 0 unspecified atom stereocenters. The number of rotatable bonds is 5. The van der Waals surface area contributed by atoms with Crippen LogP contribution in [0, 0.1) is 0 Å². The van der Waals surface area contributed by atoms with Crippen LogP contribution in [0.2, 0.25) is 5.02 Å². The van der Waals surface area contributed by atoms with E-state index in [1.165, 1.54) is 12.4 Å². The van der Waals surface area contributed by atoms with Crippen LogP contribution in [0.15, 0.2) is 67.0 Å². The number of anilines is 2. The highest BCUT2D eigenvalue weighted by molar-refractivity contribution is 6.33. The molecule has 0 atom stereocenters. The maximum Gasteiger partial charge on any atom is 0.275 e. The fourth-order valence-corrected chi connectivity index (χ4v) is 2.26. The minimum absolute atomic E-state index is 0.222. The first-order chi connectivity index (χ1) is 11.7. The van der Waals surface area contributed by atoms with Crippen LogP contribution in [-0.2, 0) is 6.54 Å². The average Bonchev–Trinajstić information content (AvgIpc) is 2.63. The van der Waals surface area contributed by atoms with Gasteiger partial charge in [0.15, 0.2) is 0 Å². The summed E-state index contributed by atoms with van der Waals surface area (Å²) in [6.07, 6.45) is 2.96. The van der Waals surface area contributed by atoms with Gasteiger partial charge in [0.05, 0.1) is 23.1 Å². The third-order valence-electron chi connectivity index (χ3n) is 3.32. The van der Waals surface area contributed by atoms with E-state index in [-0.39, 0.29) is 11.6 Å². The van der Waals surface area contributed by atoms with Crippen LogP contribution in [0.4, 0.5) is 11.5 Å². The van der Waals surface area contributed by atoms with Crippen LogP contribution in [0.1, 0.15) is 16.1 Å². The summed E-state index contributed by atoms with van der Waals surface area (Å²) in [7, 11) is 0. The Balaban J connectivity index is 1.61. The Bertz CT molecular complexity index is 822. The Morgan fingerprint density at radius 2 is 1.71 bits per heavy atom. The number of nitrogens with zero attached hydrogens (tertiary/aromatic N) is 2. The first kappa shape index (κ1) is 16.0. The molecule has 6 heteroatoms. The summed E-state index contributed by atoms with van der Waals surface area (Å²) in [4.78, 5) is 20.5. The average molecular weight is 339 g/mol. The van der Waals surface area contributed by atoms with Crippen molar-refractivity contribution < 1.29 is 4.79 Å². The van der Waals surface area contributed by atoms with Crippen LogP contribution in [0.5, 0.6) is 0 Å². The zero-order chi connectivity index (χ0) is 16.8.